The van der Waals surface area contributed by atoms with Crippen LogP contribution in [-0.4, -0.2) is 35.7 Å². The van der Waals surface area contributed by atoms with Gasteiger partial charge in [-0.15, -0.1) is 0 Å². The minimum absolute atomic E-state index is 0.261. The molecule has 0 saturated carbocycles. The lowest BCUT2D eigenvalue weighted by molar-refractivity contribution is 0.102. The van der Waals surface area contributed by atoms with E-state index in [0.29, 0.717) is 42.6 Å². The smallest absolute Gasteiger partial charge is 0.258 e. The Bertz CT molecular complexity index is 730. The van der Waals surface area contributed by atoms with Crippen molar-refractivity contribution in [3.8, 4) is 17.2 Å². The molecule has 26 heavy (non-hydrogen) atoms. The van der Waals surface area contributed by atoms with E-state index in [-0.39, 0.29) is 11.9 Å². The van der Waals surface area contributed by atoms with Crippen molar-refractivity contribution in [3.63, 3.8) is 0 Å². The molecule has 0 aliphatic rings. The van der Waals surface area contributed by atoms with Gasteiger partial charge in [0, 0.05) is 17.0 Å². The predicted octanol–water partition coefficient (Wildman–Crippen LogP) is 3.54. The Labute approximate surface area is 153 Å². The zero-order valence-corrected chi connectivity index (χ0v) is 15.9. The van der Waals surface area contributed by atoms with Crippen LogP contribution in [0, 0.1) is 13.8 Å². The van der Waals surface area contributed by atoms with Crippen LogP contribution in [0.2, 0.25) is 0 Å². The van der Waals surface area contributed by atoms with Crippen molar-refractivity contribution < 1.29 is 19.0 Å². The van der Waals surface area contributed by atoms with Crippen LogP contribution in [0.3, 0.4) is 0 Å². The van der Waals surface area contributed by atoms with Crippen LogP contribution in [0.15, 0.2) is 18.2 Å². The van der Waals surface area contributed by atoms with Crippen LogP contribution in [0.25, 0.3) is 0 Å². The van der Waals surface area contributed by atoms with Gasteiger partial charge in [0.25, 0.3) is 5.91 Å². The summed E-state index contributed by atoms with van der Waals surface area (Å²) in [6.07, 6.45) is 0. The first kappa shape index (κ1) is 19.5. The largest absolute Gasteiger partial charge is 0.490 e. The van der Waals surface area contributed by atoms with Gasteiger partial charge >= 0.3 is 0 Å². The third kappa shape index (κ3) is 4.84. The molecule has 1 heterocycles. The quantitative estimate of drug-likeness (QED) is 0.776. The molecule has 7 heteroatoms. The summed E-state index contributed by atoms with van der Waals surface area (Å²) in [5.74, 6) is 1.34. The maximum atomic E-state index is 12.7. The van der Waals surface area contributed by atoms with Crippen LogP contribution in [0.4, 0.5) is 5.95 Å². The first-order valence-corrected chi connectivity index (χ1v) is 8.68. The lowest BCUT2D eigenvalue weighted by Crippen LogP contribution is -2.16. The van der Waals surface area contributed by atoms with Gasteiger partial charge in [0.05, 0.1) is 19.8 Å². The van der Waals surface area contributed by atoms with E-state index in [1.54, 1.807) is 12.1 Å². The summed E-state index contributed by atoms with van der Waals surface area (Å²) >= 11 is 0. The number of carbonyl (C=O) groups excluding carboxylic acids is 1. The number of hydrogen-bond donors (Lipinski definition) is 1. The number of nitrogens with one attached hydrogen (secondary N) is 1. The first-order valence-electron chi connectivity index (χ1n) is 8.68. The molecule has 1 amide bonds. The van der Waals surface area contributed by atoms with Crippen LogP contribution >= 0.6 is 0 Å². The molecule has 2 rings (SSSR count). The van der Waals surface area contributed by atoms with Gasteiger partial charge in [-0.2, -0.15) is 0 Å². The highest BCUT2D eigenvalue weighted by atomic mass is 16.5. The number of anilines is 1. The van der Waals surface area contributed by atoms with Gasteiger partial charge in [-0.1, -0.05) is 0 Å². The molecular weight excluding hydrogens is 334 g/mol. The molecule has 1 aromatic carbocycles. The van der Waals surface area contributed by atoms with Crippen LogP contribution in [0.1, 0.15) is 42.5 Å². The number of aromatic nitrogens is 2. The molecule has 1 aromatic heterocycles. The predicted molar refractivity (Wildman–Crippen MR) is 99.4 cm³/mol. The average molecular weight is 359 g/mol. The molecule has 1 N–H and O–H groups in total. The van der Waals surface area contributed by atoms with Gasteiger partial charge in [0.2, 0.25) is 11.7 Å². The lowest BCUT2D eigenvalue weighted by Gasteiger charge is -2.17. The van der Waals surface area contributed by atoms with Crippen molar-refractivity contribution >= 4 is 11.9 Å². The lowest BCUT2D eigenvalue weighted by atomic mass is 10.1. The molecule has 2 aromatic rings. The van der Waals surface area contributed by atoms with E-state index in [2.05, 4.69) is 15.3 Å². The zero-order valence-electron chi connectivity index (χ0n) is 15.9. The van der Waals surface area contributed by atoms with Crippen molar-refractivity contribution in [2.24, 2.45) is 0 Å². The molecule has 140 valence electrons. The minimum atomic E-state index is -0.347. The van der Waals surface area contributed by atoms with Gasteiger partial charge in [-0.25, -0.2) is 9.97 Å². The van der Waals surface area contributed by atoms with E-state index < -0.39 is 0 Å². The average Bonchev–Trinajstić information content (AvgIpc) is 2.57. The molecule has 0 aliphatic carbocycles. The molecule has 0 bridgehead atoms. The number of benzene rings is 1. The summed E-state index contributed by atoms with van der Waals surface area (Å²) < 4.78 is 16.9. The van der Waals surface area contributed by atoms with E-state index in [0.717, 1.165) is 11.4 Å². The van der Waals surface area contributed by atoms with Crippen molar-refractivity contribution in [3.05, 3.63) is 35.2 Å². The number of carbonyl (C=O) groups is 1. The summed E-state index contributed by atoms with van der Waals surface area (Å²) in [4.78, 5) is 21.1. The highest BCUT2D eigenvalue weighted by Crippen LogP contribution is 2.39. The highest BCUT2D eigenvalue weighted by Gasteiger charge is 2.19. The van der Waals surface area contributed by atoms with E-state index >= 15 is 0 Å². The fourth-order valence-electron chi connectivity index (χ4n) is 2.48. The summed E-state index contributed by atoms with van der Waals surface area (Å²) in [5.41, 5.74) is 1.94. The molecule has 0 unspecified atom stereocenters. The Kier molecular flexibility index (Phi) is 6.77. The summed E-state index contributed by atoms with van der Waals surface area (Å²) in [5, 5.41) is 2.72. The number of hydrogen-bond acceptors (Lipinski definition) is 6. The second-order valence-corrected chi connectivity index (χ2v) is 5.53. The van der Waals surface area contributed by atoms with Crippen molar-refractivity contribution in [1.82, 2.24) is 9.97 Å². The normalized spacial score (nSPS) is 10.3. The molecule has 0 spiro atoms. The topological polar surface area (TPSA) is 82.6 Å². The van der Waals surface area contributed by atoms with E-state index in [1.807, 2.05) is 40.7 Å². The monoisotopic (exact) mass is 359 g/mol. The maximum absolute atomic E-state index is 12.7. The zero-order chi connectivity index (χ0) is 19.1. The Hall–Kier alpha value is -2.83. The molecule has 7 nitrogen and oxygen atoms in total. The third-order valence-corrected chi connectivity index (χ3v) is 3.38. The minimum Gasteiger partial charge on any atom is -0.490 e. The van der Waals surface area contributed by atoms with Gasteiger partial charge in [-0.3, -0.25) is 10.1 Å². The van der Waals surface area contributed by atoms with Gasteiger partial charge in [0.15, 0.2) is 11.5 Å². The second kappa shape index (κ2) is 9.03. The first-order chi connectivity index (χ1) is 12.5. The number of aryl methyl sites for hydroxylation is 2. The Morgan fingerprint density at radius 3 is 1.85 bits per heavy atom. The van der Waals surface area contributed by atoms with Crippen LogP contribution in [-0.2, 0) is 0 Å². The SMILES string of the molecule is CCOc1cc(C(=O)Nc2nc(C)cc(C)n2)cc(OCC)c1OCC. The number of amides is 1. The second-order valence-electron chi connectivity index (χ2n) is 5.53. The fourth-order valence-corrected chi connectivity index (χ4v) is 2.48. The van der Waals surface area contributed by atoms with Crippen molar-refractivity contribution in [2.75, 3.05) is 25.1 Å². The van der Waals surface area contributed by atoms with Gasteiger partial charge in [-0.05, 0) is 52.8 Å². The highest BCUT2D eigenvalue weighted by molar-refractivity contribution is 6.04. The molecule has 0 fully saturated rings. The van der Waals surface area contributed by atoms with E-state index in [1.165, 1.54) is 0 Å². The molecule has 0 saturated heterocycles. The Morgan fingerprint density at radius 1 is 0.885 bits per heavy atom. The van der Waals surface area contributed by atoms with Crippen molar-refractivity contribution in [1.29, 1.82) is 0 Å². The summed E-state index contributed by atoms with van der Waals surface area (Å²) in [6.45, 7) is 10.7. The Morgan fingerprint density at radius 2 is 1.38 bits per heavy atom. The third-order valence-electron chi connectivity index (χ3n) is 3.38. The summed E-state index contributed by atoms with van der Waals surface area (Å²) in [7, 11) is 0. The number of ether oxygens (including phenoxy) is 3. The van der Waals surface area contributed by atoms with Crippen LogP contribution < -0.4 is 19.5 Å². The fraction of sp³-hybridized carbons (Fsp3) is 0.421. The number of nitrogens with zero attached hydrogens (tertiary/aromatic N) is 2. The van der Waals surface area contributed by atoms with E-state index in [9.17, 15) is 4.79 Å². The van der Waals surface area contributed by atoms with Gasteiger partial charge < -0.3 is 14.2 Å². The van der Waals surface area contributed by atoms with Crippen LogP contribution in [0.5, 0.6) is 17.2 Å². The molecule has 0 aliphatic heterocycles. The standard InChI is InChI=1S/C19H25N3O4/c1-6-24-15-10-14(11-16(25-7-2)17(15)26-8-3)18(23)22-19-20-12(4)9-13(5)21-19/h9-11H,6-8H2,1-5H3,(H,20,21,22,23). The Balaban J connectivity index is 2.38. The van der Waals surface area contributed by atoms with Crippen molar-refractivity contribution in [2.45, 2.75) is 34.6 Å². The molecule has 0 atom stereocenters. The van der Waals surface area contributed by atoms with E-state index in [4.69, 9.17) is 14.2 Å². The molecular formula is C19H25N3O4. The number of rotatable bonds is 8. The van der Waals surface area contributed by atoms with Gasteiger partial charge in [0.1, 0.15) is 0 Å². The summed E-state index contributed by atoms with van der Waals surface area (Å²) in [6, 6.07) is 5.11. The maximum Gasteiger partial charge on any atom is 0.258 e. The molecule has 0 radical (unpaired) electrons.